The van der Waals surface area contributed by atoms with Crippen LogP contribution in [0.3, 0.4) is 0 Å². The molecule has 26 heavy (non-hydrogen) atoms. The zero-order chi connectivity index (χ0) is 18.5. The molecule has 0 aliphatic rings. The average molecular weight is 475 g/mol. The summed E-state index contributed by atoms with van der Waals surface area (Å²) in [6.45, 7) is 4.52. The number of hydrogen-bond acceptors (Lipinski definition) is 4. The number of aromatic nitrogens is 3. The van der Waals surface area contributed by atoms with Crippen molar-refractivity contribution in [2.75, 3.05) is 0 Å². The Balaban J connectivity index is 1.74. The Morgan fingerprint density at radius 2 is 1.92 bits per heavy atom. The van der Waals surface area contributed by atoms with Gasteiger partial charge in [0.2, 0.25) is 0 Å². The Morgan fingerprint density at radius 3 is 2.65 bits per heavy atom. The maximum Gasteiger partial charge on any atom is 0.122 e. The molecule has 3 aromatic rings. The van der Waals surface area contributed by atoms with E-state index < -0.39 is 0 Å². The molecule has 0 radical (unpaired) electrons. The summed E-state index contributed by atoms with van der Waals surface area (Å²) < 4.78 is 3.83. The minimum Gasteiger partial charge on any atom is -0.266 e. The molecule has 0 saturated heterocycles. The molecule has 0 N–H and O–H groups in total. The Morgan fingerprint density at radius 1 is 1.15 bits per heavy atom. The molecule has 0 spiro atoms. The van der Waals surface area contributed by atoms with E-state index in [-0.39, 0.29) is 0 Å². The minimum atomic E-state index is 0.690. The number of halogens is 2. The molecular weight excluding hydrogens is 458 g/mol. The van der Waals surface area contributed by atoms with Crippen LogP contribution >= 0.6 is 31.9 Å². The molecule has 3 rings (SSSR count). The average Bonchev–Trinajstić information content (AvgIpc) is 2.97. The lowest BCUT2D eigenvalue weighted by Crippen LogP contribution is -2.03. The standard InChI is InChI=1S/C19H17Br2N5/c1-13-4-3-5-17(23-13)10-22-24-14(2)19-18(21)12-26(25-19)11-15-6-8-16(20)9-7-15/h3-10,12H,11H2,1-2H3/b22-10-,24-14-. The van der Waals surface area contributed by atoms with Crippen LogP contribution in [0.25, 0.3) is 0 Å². The van der Waals surface area contributed by atoms with Gasteiger partial charge < -0.3 is 0 Å². The number of aryl methyl sites for hydroxylation is 1. The Labute approximate surface area is 169 Å². The van der Waals surface area contributed by atoms with E-state index in [1.807, 2.05) is 55.1 Å². The third-order valence-electron chi connectivity index (χ3n) is 3.63. The first-order valence-corrected chi connectivity index (χ1v) is 9.59. The number of hydrogen-bond donors (Lipinski definition) is 0. The quantitative estimate of drug-likeness (QED) is 0.385. The number of benzene rings is 1. The first-order valence-electron chi connectivity index (χ1n) is 8.00. The van der Waals surface area contributed by atoms with Crippen molar-refractivity contribution in [1.82, 2.24) is 14.8 Å². The molecule has 0 saturated carbocycles. The van der Waals surface area contributed by atoms with Gasteiger partial charge in [-0.15, -0.1) is 0 Å². The molecule has 0 atom stereocenters. The summed E-state index contributed by atoms with van der Waals surface area (Å²) in [4.78, 5) is 4.37. The maximum atomic E-state index is 4.60. The summed E-state index contributed by atoms with van der Waals surface area (Å²) in [5, 5.41) is 13.0. The lowest BCUT2D eigenvalue weighted by atomic mass is 10.2. The highest BCUT2D eigenvalue weighted by atomic mass is 79.9. The van der Waals surface area contributed by atoms with E-state index in [0.29, 0.717) is 6.54 Å². The summed E-state index contributed by atoms with van der Waals surface area (Å²) in [7, 11) is 0. The van der Waals surface area contributed by atoms with Crippen molar-refractivity contribution in [3.8, 4) is 0 Å². The van der Waals surface area contributed by atoms with Crippen LogP contribution in [0.4, 0.5) is 0 Å². The van der Waals surface area contributed by atoms with Gasteiger partial charge in [0.15, 0.2) is 0 Å². The summed E-state index contributed by atoms with van der Waals surface area (Å²) in [6, 6.07) is 14.0. The van der Waals surface area contributed by atoms with Crippen LogP contribution in [0, 0.1) is 6.92 Å². The van der Waals surface area contributed by atoms with Gasteiger partial charge in [-0.2, -0.15) is 15.3 Å². The Bertz CT molecular complexity index is 958. The number of pyridine rings is 1. The Kier molecular flexibility index (Phi) is 6.11. The number of nitrogens with zero attached hydrogens (tertiary/aromatic N) is 5. The molecule has 2 aromatic heterocycles. The molecule has 0 bridgehead atoms. The molecule has 1 aromatic carbocycles. The van der Waals surface area contributed by atoms with E-state index in [0.717, 1.165) is 31.7 Å². The van der Waals surface area contributed by atoms with Gasteiger partial charge in [-0.1, -0.05) is 34.1 Å². The van der Waals surface area contributed by atoms with Crippen molar-refractivity contribution < 1.29 is 0 Å². The SMILES string of the molecule is C/C(=N/N=C\c1cccc(C)n1)c1nn(Cc2ccc(Br)cc2)cc1Br. The van der Waals surface area contributed by atoms with Crippen LogP contribution in [0.2, 0.25) is 0 Å². The molecule has 0 fully saturated rings. The zero-order valence-electron chi connectivity index (χ0n) is 14.4. The topological polar surface area (TPSA) is 55.4 Å². The van der Waals surface area contributed by atoms with E-state index in [1.165, 1.54) is 5.56 Å². The van der Waals surface area contributed by atoms with Gasteiger partial charge in [0.25, 0.3) is 0 Å². The minimum absolute atomic E-state index is 0.690. The third-order valence-corrected chi connectivity index (χ3v) is 4.73. The molecule has 0 aliphatic heterocycles. The molecule has 0 unspecified atom stereocenters. The lowest BCUT2D eigenvalue weighted by molar-refractivity contribution is 0.684. The van der Waals surface area contributed by atoms with Crippen molar-refractivity contribution in [3.05, 3.63) is 80.3 Å². The van der Waals surface area contributed by atoms with Crippen molar-refractivity contribution in [2.24, 2.45) is 10.2 Å². The van der Waals surface area contributed by atoms with Crippen LogP contribution in [0.1, 0.15) is 29.6 Å². The maximum absolute atomic E-state index is 4.60. The van der Waals surface area contributed by atoms with E-state index >= 15 is 0 Å². The van der Waals surface area contributed by atoms with E-state index in [4.69, 9.17) is 0 Å². The van der Waals surface area contributed by atoms with Gasteiger partial charge >= 0.3 is 0 Å². The van der Waals surface area contributed by atoms with Crippen LogP contribution < -0.4 is 0 Å². The lowest BCUT2D eigenvalue weighted by Gasteiger charge is -2.01. The van der Waals surface area contributed by atoms with Crippen LogP contribution in [-0.2, 0) is 6.54 Å². The second kappa shape index (κ2) is 8.51. The van der Waals surface area contributed by atoms with E-state index in [9.17, 15) is 0 Å². The van der Waals surface area contributed by atoms with E-state index in [1.54, 1.807) is 6.21 Å². The van der Waals surface area contributed by atoms with Crippen molar-refractivity contribution >= 4 is 43.8 Å². The summed E-state index contributed by atoms with van der Waals surface area (Å²) in [5.74, 6) is 0. The monoisotopic (exact) mass is 473 g/mol. The highest BCUT2D eigenvalue weighted by molar-refractivity contribution is 9.10. The van der Waals surface area contributed by atoms with Gasteiger partial charge in [0.05, 0.1) is 28.6 Å². The molecule has 0 aliphatic carbocycles. The normalized spacial score (nSPS) is 12.1. The summed E-state index contributed by atoms with van der Waals surface area (Å²) in [6.07, 6.45) is 3.59. The van der Waals surface area contributed by atoms with Gasteiger partial charge in [-0.25, -0.2) is 0 Å². The van der Waals surface area contributed by atoms with Gasteiger partial charge in [0, 0.05) is 16.4 Å². The molecule has 5 nitrogen and oxygen atoms in total. The van der Waals surface area contributed by atoms with E-state index in [2.05, 4.69) is 64.3 Å². The van der Waals surface area contributed by atoms with Crippen molar-refractivity contribution in [2.45, 2.75) is 20.4 Å². The predicted octanol–water partition coefficient (Wildman–Crippen LogP) is 5.00. The Hall–Kier alpha value is -2.12. The van der Waals surface area contributed by atoms with Crippen LogP contribution in [0.5, 0.6) is 0 Å². The largest absolute Gasteiger partial charge is 0.266 e. The van der Waals surface area contributed by atoms with Crippen molar-refractivity contribution in [1.29, 1.82) is 0 Å². The molecule has 7 heteroatoms. The molecular formula is C19H17Br2N5. The fourth-order valence-corrected chi connectivity index (χ4v) is 3.23. The first kappa shape index (κ1) is 18.7. The first-order chi connectivity index (χ1) is 12.5. The second-order valence-electron chi connectivity index (χ2n) is 5.78. The second-order valence-corrected chi connectivity index (χ2v) is 7.55. The molecule has 0 amide bonds. The third kappa shape index (κ3) is 4.95. The predicted molar refractivity (Wildman–Crippen MR) is 112 cm³/mol. The van der Waals surface area contributed by atoms with Gasteiger partial charge in [-0.05, 0) is 59.6 Å². The van der Waals surface area contributed by atoms with Crippen molar-refractivity contribution in [3.63, 3.8) is 0 Å². The smallest absolute Gasteiger partial charge is 0.122 e. The zero-order valence-corrected chi connectivity index (χ0v) is 17.6. The van der Waals surface area contributed by atoms with Gasteiger partial charge in [0.1, 0.15) is 5.69 Å². The van der Waals surface area contributed by atoms with Crippen LogP contribution in [-0.4, -0.2) is 26.7 Å². The summed E-state index contributed by atoms with van der Waals surface area (Å²) in [5.41, 5.74) is 4.41. The number of rotatable bonds is 5. The molecule has 132 valence electrons. The fourth-order valence-electron chi connectivity index (χ4n) is 2.36. The fraction of sp³-hybridized carbons (Fsp3) is 0.158. The highest BCUT2D eigenvalue weighted by Gasteiger charge is 2.10. The van der Waals surface area contributed by atoms with Gasteiger partial charge in [-0.3, -0.25) is 9.67 Å². The molecule has 2 heterocycles. The van der Waals surface area contributed by atoms with Crippen LogP contribution in [0.15, 0.2) is 67.8 Å². The highest BCUT2D eigenvalue weighted by Crippen LogP contribution is 2.18. The summed E-state index contributed by atoms with van der Waals surface area (Å²) >= 11 is 7.00.